The standard InChI is InChI=1S/C12H15N3OS/c1-2-13-12-11(14-15-17-12)9-16-8-10-6-4-3-5-7-10/h3-7,13H,2,8-9H2,1H3. The fraction of sp³-hybridized carbons (Fsp3) is 0.333. The van der Waals surface area contributed by atoms with E-state index in [2.05, 4.69) is 14.9 Å². The molecule has 0 aliphatic heterocycles. The minimum Gasteiger partial charge on any atom is -0.374 e. The average Bonchev–Trinajstić information content (AvgIpc) is 2.79. The molecule has 0 unspecified atom stereocenters. The first-order valence-corrected chi connectivity index (χ1v) is 6.34. The van der Waals surface area contributed by atoms with Gasteiger partial charge in [-0.15, -0.1) is 5.10 Å². The summed E-state index contributed by atoms with van der Waals surface area (Å²) in [7, 11) is 0. The summed E-state index contributed by atoms with van der Waals surface area (Å²) in [6, 6.07) is 10.1. The van der Waals surface area contributed by atoms with Crippen LogP contribution < -0.4 is 5.32 Å². The highest BCUT2D eigenvalue weighted by molar-refractivity contribution is 7.10. The van der Waals surface area contributed by atoms with Gasteiger partial charge in [0.15, 0.2) is 0 Å². The van der Waals surface area contributed by atoms with E-state index in [9.17, 15) is 0 Å². The molecule has 0 aliphatic carbocycles. The second kappa shape index (κ2) is 6.32. The Morgan fingerprint density at radius 2 is 2.06 bits per heavy atom. The molecule has 2 rings (SSSR count). The number of ether oxygens (including phenoxy) is 1. The van der Waals surface area contributed by atoms with Crippen molar-refractivity contribution in [3.63, 3.8) is 0 Å². The van der Waals surface area contributed by atoms with E-state index in [1.54, 1.807) is 0 Å². The fourth-order valence-corrected chi connectivity index (χ4v) is 2.07. The molecule has 5 heteroatoms. The van der Waals surface area contributed by atoms with E-state index < -0.39 is 0 Å². The average molecular weight is 249 g/mol. The molecular weight excluding hydrogens is 234 g/mol. The Morgan fingerprint density at radius 1 is 1.24 bits per heavy atom. The van der Waals surface area contributed by atoms with Gasteiger partial charge >= 0.3 is 0 Å². The van der Waals surface area contributed by atoms with Gasteiger partial charge < -0.3 is 10.1 Å². The van der Waals surface area contributed by atoms with Crippen LogP contribution in [-0.4, -0.2) is 16.1 Å². The SMILES string of the molecule is CCNc1snnc1COCc1ccccc1. The van der Waals surface area contributed by atoms with Crippen molar-refractivity contribution in [2.24, 2.45) is 0 Å². The van der Waals surface area contributed by atoms with E-state index in [1.165, 1.54) is 17.1 Å². The highest BCUT2D eigenvalue weighted by Gasteiger charge is 2.06. The fourth-order valence-electron chi connectivity index (χ4n) is 1.44. The van der Waals surface area contributed by atoms with Crippen molar-refractivity contribution in [1.82, 2.24) is 9.59 Å². The molecular formula is C12H15N3OS. The van der Waals surface area contributed by atoms with Crippen LogP contribution in [-0.2, 0) is 18.0 Å². The predicted molar refractivity (Wildman–Crippen MR) is 69.0 cm³/mol. The van der Waals surface area contributed by atoms with Gasteiger partial charge in [0.2, 0.25) is 0 Å². The van der Waals surface area contributed by atoms with Gasteiger partial charge in [-0.05, 0) is 12.5 Å². The first-order valence-electron chi connectivity index (χ1n) is 5.57. The molecule has 1 aromatic carbocycles. The van der Waals surface area contributed by atoms with Gasteiger partial charge in [-0.2, -0.15) is 0 Å². The van der Waals surface area contributed by atoms with Crippen LogP contribution >= 0.6 is 11.5 Å². The Balaban J connectivity index is 1.84. The molecule has 2 aromatic rings. The highest BCUT2D eigenvalue weighted by Crippen LogP contribution is 2.18. The molecule has 0 radical (unpaired) electrons. The van der Waals surface area contributed by atoms with E-state index in [1.807, 2.05) is 37.3 Å². The summed E-state index contributed by atoms with van der Waals surface area (Å²) < 4.78 is 9.53. The maximum atomic E-state index is 5.62. The lowest BCUT2D eigenvalue weighted by Gasteiger charge is -2.04. The summed E-state index contributed by atoms with van der Waals surface area (Å²) in [6.07, 6.45) is 0. The number of aromatic nitrogens is 2. The van der Waals surface area contributed by atoms with Crippen LogP contribution in [0.3, 0.4) is 0 Å². The molecule has 1 N–H and O–H groups in total. The van der Waals surface area contributed by atoms with Crippen molar-refractivity contribution in [2.75, 3.05) is 11.9 Å². The normalized spacial score (nSPS) is 10.4. The topological polar surface area (TPSA) is 47.0 Å². The van der Waals surface area contributed by atoms with Gasteiger partial charge in [-0.1, -0.05) is 34.8 Å². The smallest absolute Gasteiger partial charge is 0.135 e. The maximum absolute atomic E-state index is 5.62. The van der Waals surface area contributed by atoms with Crippen molar-refractivity contribution in [3.05, 3.63) is 41.6 Å². The van der Waals surface area contributed by atoms with E-state index in [0.29, 0.717) is 13.2 Å². The van der Waals surface area contributed by atoms with Crippen LogP contribution in [0.15, 0.2) is 30.3 Å². The number of hydrogen-bond donors (Lipinski definition) is 1. The molecule has 4 nitrogen and oxygen atoms in total. The number of anilines is 1. The van der Waals surface area contributed by atoms with Crippen molar-refractivity contribution >= 4 is 16.5 Å². The quantitative estimate of drug-likeness (QED) is 0.855. The number of nitrogens with zero attached hydrogens (tertiary/aromatic N) is 2. The van der Waals surface area contributed by atoms with E-state index in [4.69, 9.17) is 4.74 Å². The molecule has 17 heavy (non-hydrogen) atoms. The van der Waals surface area contributed by atoms with Gasteiger partial charge in [-0.3, -0.25) is 0 Å². The maximum Gasteiger partial charge on any atom is 0.135 e. The lowest BCUT2D eigenvalue weighted by atomic mass is 10.2. The molecule has 0 saturated carbocycles. The zero-order valence-corrected chi connectivity index (χ0v) is 10.5. The summed E-state index contributed by atoms with van der Waals surface area (Å²) in [5.74, 6) is 0. The molecule has 0 atom stereocenters. The van der Waals surface area contributed by atoms with E-state index >= 15 is 0 Å². The predicted octanol–water partition coefficient (Wildman–Crippen LogP) is 2.69. The molecule has 0 fully saturated rings. The van der Waals surface area contributed by atoms with Crippen molar-refractivity contribution < 1.29 is 4.74 Å². The van der Waals surface area contributed by atoms with Gasteiger partial charge in [0.1, 0.15) is 10.7 Å². The lowest BCUT2D eigenvalue weighted by molar-refractivity contribution is 0.105. The summed E-state index contributed by atoms with van der Waals surface area (Å²) in [5, 5.41) is 8.27. The Kier molecular flexibility index (Phi) is 4.46. The molecule has 90 valence electrons. The largest absolute Gasteiger partial charge is 0.374 e. The molecule has 1 heterocycles. The van der Waals surface area contributed by atoms with E-state index in [-0.39, 0.29) is 0 Å². The van der Waals surface area contributed by atoms with Crippen LogP contribution in [0.5, 0.6) is 0 Å². The molecule has 1 aromatic heterocycles. The summed E-state index contributed by atoms with van der Waals surface area (Å²) in [6.45, 7) is 4.02. The van der Waals surface area contributed by atoms with Crippen molar-refractivity contribution in [2.45, 2.75) is 20.1 Å². The molecule has 0 amide bonds. The third-order valence-electron chi connectivity index (χ3n) is 2.24. The molecule has 0 saturated heterocycles. The summed E-state index contributed by atoms with van der Waals surface area (Å²) in [4.78, 5) is 0. The van der Waals surface area contributed by atoms with Gasteiger partial charge in [0, 0.05) is 18.1 Å². The van der Waals surface area contributed by atoms with Gasteiger partial charge in [-0.25, -0.2) is 0 Å². The minimum atomic E-state index is 0.494. The van der Waals surface area contributed by atoms with Crippen LogP contribution in [0.25, 0.3) is 0 Å². The molecule has 0 aliphatic rings. The Morgan fingerprint density at radius 3 is 2.82 bits per heavy atom. The number of benzene rings is 1. The first kappa shape index (κ1) is 12.0. The second-order valence-corrected chi connectivity index (χ2v) is 4.31. The molecule has 0 bridgehead atoms. The van der Waals surface area contributed by atoms with Gasteiger partial charge in [0.05, 0.1) is 13.2 Å². The summed E-state index contributed by atoms with van der Waals surface area (Å²) in [5.41, 5.74) is 2.05. The molecule has 0 spiro atoms. The van der Waals surface area contributed by atoms with Crippen LogP contribution in [0, 0.1) is 0 Å². The zero-order chi connectivity index (χ0) is 11.9. The van der Waals surface area contributed by atoms with Crippen LogP contribution in [0.4, 0.5) is 5.00 Å². The third-order valence-corrected chi connectivity index (χ3v) is 2.97. The monoisotopic (exact) mass is 249 g/mol. The summed E-state index contributed by atoms with van der Waals surface area (Å²) >= 11 is 1.37. The minimum absolute atomic E-state index is 0.494. The zero-order valence-electron chi connectivity index (χ0n) is 9.72. The second-order valence-electron chi connectivity index (χ2n) is 3.56. The Labute approximate surface area is 105 Å². The third kappa shape index (κ3) is 3.51. The van der Waals surface area contributed by atoms with E-state index in [0.717, 1.165) is 17.2 Å². The van der Waals surface area contributed by atoms with Crippen molar-refractivity contribution in [3.8, 4) is 0 Å². The number of nitrogens with one attached hydrogen (secondary N) is 1. The first-order chi connectivity index (χ1) is 8.40. The Hall–Kier alpha value is -1.46. The van der Waals surface area contributed by atoms with Crippen LogP contribution in [0.1, 0.15) is 18.2 Å². The Bertz CT molecular complexity index is 444. The van der Waals surface area contributed by atoms with Crippen LogP contribution in [0.2, 0.25) is 0 Å². The number of rotatable bonds is 6. The lowest BCUT2D eigenvalue weighted by Crippen LogP contribution is -2.00. The number of hydrogen-bond acceptors (Lipinski definition) is 5. The van der Waals surface area contributed by atoms with Gasteiger partial charge in [0.25, 0.3) is 0 Å². The van der Waals surface area contributed by atoms with Crippen molar-refractivity contribution in [1.29, 1.82) is 0 Å². The highest BCUT2D eigenvalue weighted by atomic mass is 32.1.